The van der Waals surface area contributed by atoms with Crippen molar-refractivity contribution >= 4 is 5.82 Å². The number of hydrogen-bond donors (Lipinski definition) is 1. The average molecular weight is 219 g/mol. The van der Waals surface area contributed by atoms with Crippen molar-refractivity contribution in [2.75, 3.05) is 5.32 Å². The molecular weight excluding hydrogens is 202 g/mol. The van der Waals surface area contributed by atoms with Crippen LogP contribution in [0.3, 0.4) is 0 Å². The fourth-order valence-corrected chi connectivity index (χ4v) is 1.68. The van der Waals surface area contributed by atoms with Gasteiger partial charge < -0.3 is 5.32 Å². The summed E-state index contributed by atoms with van der Waals surface area (Å²) in [6.45, 7) is 5.74. The van der Waals surface area contributed by atoms with Gasteiger partial charge in [-0.15, -0.1) is 0 Å². The van der Waals surface area contributed by atoms with Crippen LogP contribution < -0.4 is 5.32 Å². The maximum absolute atomic E-state index is 4.38. The molecule has 0 saturated carbocycles. The summed E-state index contributed by atoms with van der Waals surface area (Å²) in [5, 5.41) is 11.9. The second-order valence-corrected chi connectivity index (χ2v) is 3.86. The summed E-state index contributed by atoms with van der Waals surface area (Å²) in [6, 6.07) is 2.06. The fourth-order valence-electron chi connectivity index (χ4n) is 1.68. The largest absolute Gasteiger partial charge is 0.366 e. The Morgan fingerprint density at radius 2 is 2.25 bits per heavy atom. The molecule has 0 aliphatic rings. The summed E-state index contributed by atoms with van der Waals surface area (Å²) in [5.41, 5.74) is 2.21. The number of aromatic nitrogens is 4. The van der Waals surface area contributed by atoms with Crippen molar-refractivity contribution in [1.29, 1.82) is 0 Å². The molecule has 0 spiro atoms. The topological polar surface area (TPSA) is 47.7 Å². The van der Waals surface area contributed by atoms with Crippen molar-refractivity contribution in [3.63, 3.8) is 0 Å². The van der Waals surface area contributed by atoms with Crippen LogP contribution in [0.2, 0.25) is 0 Å². The third-order valence-corrected chi connectivity index (χ3v) is 2.43. The zero-order valence-electron chi connectivity index (χ0n) is 9.94. The van der Waals surface area contributed by atoms with E-state index < -0.39 is 0 Å². The Bertz CT molecular complexity index is 468. The van der Waals surface area contributed by atoms with Crippen molar-refractivity contribution < 1.29 is 0 Å². The van der Waals surface area contributed by atoms with E-state index in [2.05, 4.69) is 28.5 Å². The van der Waals surface area contributed by atoms with Gasteiger partial charge in [-0.2, -0.15) is 10.2 Å². The second kappa shape index (κ2) is 4.38. The predicted molar refractivity (Wildman–Crippen MR) is 63.2 cm³/mol. The lowest BCUT2D eigenvalue weighted by Crippen LogP contribution is -2.06. The lowest BCUT2D eigenvalue weighted by Gasteiger charge is -2.06. The molecule has 0 atom stereocenters. The van der Waals surface area contributed by atoms with Crippen LogP contribution in [0.1, 0.15) is 18.2 Å². The highest BCUT2D eigenvalue weighted by atomic mass is 15.3. The molecule has 0 unspecified atom stereocenters. The van der Waals surface area contributed by atoms with Crippen LogP contribution in [0.5, 0.6) is 0 Å². The monoisotopic (exact) mass is 219 g/mol. The molecule has 0 amide bonds. The molecule has 5 heteroatoms. The first-order valence-electron chi connectivity index (χ1n) is 5.45. The molecule has 0 aliphatic heterocycles. The van der Waals surface area contributed by atoms with E-state index in [1.54, 1.807) is 4.68 Å². The maximum Gasteiger partial charge on any atom is 0.124 e. The predicted octanol–water partition coefficient (Wildman–Crippen LogP) is 1.56. The van der Waals surface area contributed by atoms with E-state index in [0.717, 1.165) is 24.6 Å². The molecule has 0 radical (unpaired) electrons. The third-order valence-electron chi connectivity index (χ3n) is 2.43. The molecular formula is C11H17N5. The highest BCUT2D eigenvalue weighted by molar-refractivity contribution is 5.37. The van der Waals surface area contributed by atoms with Crippen molar-refractivity contribution in [3.8, 4) is 0 Å². The smallest absolute Gasteiger partial charge is 0.124 e. The second-order valence-electron chi connectivity index (χ2n) is 3.86. The number of hydrogen-bond acceptors (Lipinski definition) is 3. The lowest BCUT2D eigenvalue weighted by molar-refractivity contribution is 0.657. The lowest BCUT2D eigenvalue weighted by atomic mass is 10.3. The van der Waals surface area contributed by atoms with E-state index in [4.69, 9.17) is 0 Å². The van der Waals surface area contributed by atoms with E-state index in [1.807, 2.05) is 31.0 Å². The fraction of sp³-hybridized carbons (Fsp3) is 0.455. The van der Waals surface area contributed by atoms with E-state index in [9.17, 15) is 0 Å². The molecule has 0 saturated heterocycles. The summed E-state index contributed by atoms with van der Waals surface area (Å²) in [5.74, 6) is 1.06. The third kappa shape index (κ3) is 2.24. The first kappa shape index (κ1) is 10.7. The molecule has 2 rings (SSSR count). The molecule has 0 bridgehead atoms. The molecule has 0 aliphatic carbocycles. The van der Waals surface area contributed by atoms with Crippen LogP contribution >= 0.6 is 0 Å². The van der Waals surface area contributed by atoms with Gasteiger partial charge in [-0.25, -0.2) is 4.68 Å². The van der Waals surface area contributed by atoms with Gasteiger partial charge in [0.2, 0.25) is 0 Å². The zero-order chi connectivity index (χ0) is 11.5. The molecule has 2 aromatic rings. The molecule has 2 heterocycles. The Morgan fingerprint density at radius 3 is 2.88 bits per heavy atom. The normalized spacial score (nSPS) is 10.7. The van der Waals surface area contributed by atoms with E-state index >= 15 is 0 Å². The zero-order valence-corrected chi connectivity index (χ0v) is 9.94. The molecule has 5 nitrogen and oxygen atoms in total. The summed E-state index contributed by atoms with van der Waals surface area (Å²) in [6.07, 6.45) is 3.87. The van der Waals surface area contributed by atoms with E-state index in [-0.39, 0.29) is 0 Å². The van der Waals surface area contributed by atoms with Crippen LogP contribution in [0.15, 0.2) is 18.5 Å². The van der Waals surface area contributed by atoms with Crippen molar-refractivity contribution in [3.05, 3.63) is 29.7 Å². The quantitative estimate of drug-likeness (QED) is 0.848. The number of rotatable bonds is 4. The maximum atomic E-state index is 4.38. The number of nitrogens with one attached hydrogen (secondary N) is 1. The van der Waals surface area contributed by atoms with Gasteiger partial charge in [-0.05, 0) is 13.8 Å². The van der Waals surface area contributed by atoms with Crippen LogP contribution in [-0.2, 0) is 20.1 Å². The Hall–Kier alpha value is -1.78. The average Bonchev–Trinajstić information content (AvgIpc) is 2.81. The number of aryl methyl sites for hydroxylation is 3. The van der Waals surface area contributed by atoms with E-state index in [1.165, 1.54) is 5.56 Å². The summed E-state index contributed by atoms with van der Waals surface area (Å²) in [7, 11) is 1.92. The van der Waals surface area contributed by atoms with Gasteiger partial charge in [0.05, 0.1) is 11.9 Å². The van der Waals surface area contributed by atoms with Gasteiger partial charge in [-0.1, -0.05) is 0 Å². The van der Waals surface area contributed by atoms with Crippen LogP contribution in [0.4, 0.5) is 5.82 Å². The summed E-state index contributed by atoms with van der Waals surface area (Å²) < 4.78 is 3.77. The van der Waals surface area contributed by atoms with Gasteiger partial charge >= 0.3 is 0 Å². The highest BCUT2D eigenvalue weighted by Gasteiger charge is 2.03. The first-order chi connectivity index (χ1) is 7.69. The molecule has 86 valence electrons. The van der Waals surface area contributed by atoms with Crippen LogP contribution in [0, 0.1) is 6.92 Å². The number of anilines is 1. The Balaban J connectivity index is 2.04. The standard InChI is InChI=1S/C11H17N5/c1-4-16-11(5-9(2)14-16)12-6-10-7-13-15(3)8-10/h5,7-8,12H,4,6H2,1-3H3. The van der Waals surface area contributed by atoms with Crippen LogP contribution in [0.25, 0.3) is 0 Å². The first-order valence-corrected chi connectivity index (χ1v) is 5.45. The Labute approximate surface area is 95.1 Å². The van der Waals surface area contributed by atoms with Gasteiger partial charge in [0, 0.05) is 38.0 Å². The summed E-state index contributed by atoms with van der Waals surface area (Å²) in [4.78, 5) is 0. The van der Waals surface area contributed by atoms with Gasteiger partial charge in [0.25, 0.3) is 0 Å². The Kier molecular flexibility index (Phi) is 2.94. The SMILES string of the molecule is CCn1nc(C)cc1NCc1cnn(C)c1. The molecule has 2 aromatic heterocycles. The van der Waals surface area contributed by atoms with Gasteiger partial charge in [0.15, 0.2) is 0 Å². The minimum absolute atomic E-state index is 0.777. The summed E-state index contributed by atoms with van der Waals surface area (Å²) >= 11 is 0. The van der Waals surface area contributed by atoms with Gasteiger partial charge in [0.1, 0.15) is 5.82 Å². The molecule has 0 fully saturated rings. The molecule has 0 aromatic carbocycles. The number of nitrogens with zero attached hydrogens (tertiary/aromatic N) is 4. The Morgan fingerprint density at radius 1 is 1.44 bits per heavy atom. The highest BCUT2D eigenvalue weighted by Crippen LogP contribution is 2.11. The minimum atomic E-state index is 0.777. The van der Waals surface area contributed by atoms with Crippen molar-refractivity contribution in [1.82, 2.24) is 19.6 Å². The van der Waals surface area contributed by atoms with E-state index in [0.29, 0.717) is 0 Å². The van der Waals surface area contributed by atoms with Crippen LogP contribution in [-0.4, -0.2) is 19.6 Å². The molecule has 1 N–H and O–H groups in total. The van der Waals surface area contributed by atoms with Crippen molar-refractivity contribution in [2.45, 2.75) is 26.9 Å². The minimum Gasteiger partial charge on any atom is -0.366 e. The molecule has 16 heavy (non-hydrogen) atoms. The van der Waals surface area contributed by atoms with Crippen molar-refractivity contribution in [2.24, 2.45) is 7.05 Å². The van der Waals surface area contributed by atoms with Gasteiger partial charge in [-0.3, -0.25) is 4.68 Å².